The monoisotopic (exact) mass is 703 g/mol. The predicted octanol–water partition coefficient (Wildman–Crippen LogP) is 15.1. The highest BCUT2D eigenvalue weighted by Crippen LogP contribution is 2.47. The van der Waals surface area contributed by atoms with E-state index in [0.29, 0.717) is 0 Å². The molecule has 0 aliphatic rings. The van der Waals surface area contributed by atoms with Gasteiger partial charge in [0, 0.05) is 38.4 Å². The molecule has 11 rings (SSSR count). The zero-order chi connectivity index (χ0) is 36.3. The summed E-state index contributed by atoms with van der Waals surface area (Å²) < 4.78 is 13.3. The van der Waals surface area contributed by atoms with E-state index in [1.165, 1.54) is 27.5 Å². The third-order valence-corrected chi connectivity index (χ3v) is 10.9. The van der Waals surface area contributed by atoms with Gasteiger partial charge in [0.05, 0.1) is 11.4 Å². The molecule has 2 heterocycles. The van der Waals surface area contributed by atoms with Crippen molar-refractivity contribution in [1.82, 2.24) is 0 Å². The van der Waals surface area contributed by atoms with E-state index in [4.69, 9.17) is 8.83 Å². The molecular weight excluding hydrogens is 671 g/mol. The molecule has 55 heavy (non-hydrogen) atoms. The lowest BCUT2D eigenvalue weighted by molar-refractivity contribution is 0.669. The topological polar surface area (TPSA) is 29.5 Å². The molecule has 0 aliphatic heterocycles. The second kappa shape index (κ2) is 12.6. The van der Waals surface area contributed by atoms with E-state index < -0.39 is 0 Å². The minimum atomic E-state index is 0.841. The molecular formula is C52H33NO2. The van der Waals surface area contributed by atoms with E-state index in [9.17, 15) is 0 Å². The van der Waals surface area contributed by atoms with Crippen LogP contribution in [0.5, 0.6) is 0 Å². The second-order valence-corrected chi connectivity index (χ2v) is 14.0. The number of para-hydroxylation sites is 5. The molecule has 0 fully saturated rings. The molecule has 0 N–H and O–H groups in total. The minimum Gasteiger partial charge on any atom is -0.455 e. The molecule has 0 spiro atoms. The van der Waals surface area contributed by atoms with Gasteiger partial charge in [-0.25, -0.2) is 0 Å². The van der Waals surface area contributed by atoms with Crippen LogP contribution in [-0.4, -0.2) is 0 Å². The summed E-state index contributed by atoms with van der Waals surface area (Å²) in [5.41, 5.74) is 13.3. The van der Waals surface area contributed by atoms with Crippen molar-refractivity contribution >= 4 is 71.7 Å². The Bertz CT molecular complexity index is 3200. The molecule has 0 amide bonds. The van der Waals surface area contributed by atoms with Crippen molar-refractivity contribution in [3.63, 3.8) is 0 Å². The van der Waals surface area contributed by atoms with Crippen LogP contribution in [-0.2, 0) is 0 Å². The summed E-state index contributed by atoms with van der Waals surface area (Å²) in [6.07, 6.45) is 0. The zero-order valence-electron chi connectivity index (χ0n) is 29.8. The first-order valence-corrected chi connectivity index (χ1v) is 18.7. The molecule has 0 unspecified atom stereocenters. The fraction of sp³-hybridized carbons (Fsp3) is 0. The van der Waals surface area contributed by atoms with Crippen molar-refractivity contribution < 1.29 is 8.83 Å². The van der Waals surface area contributed by atoms with Gasteiger partial charge in [-0.3, -0.25) is 0 Å². The van der Waals surface area contributed by atoms with Crippen LogP contribution in [0.1, 0.15) is 0 Å². The van der Waals surface area contributed by atoms with Crippen molar-refractivity contribution in [2.75, 3.05) is 4.90 Å². The third-order valence-electron chi connectivity index (χ3n) is 10.9. The van der Waals surface area contributed by atoms with Gasteiger partial charge in [-0.1, -0.05) is 164 Å². The van der Waals surface area contributed by atoms with Crippen LogP contribution in [0.4, 0.5) is 17.1 Å². The first-order chi connectivity index (χ1) is 27.3. The zero-order valence-corrected chi connectivity index (χ0v) is 29.8. The average molecular weight is 704 g/mol. The lowest BCUT2D eigenvalue weighted by atomic mass is 9.96. The summed E-state index contributed by atoms with van der Waals surface area (Å²) in [5.74, 6) is 0. The number of furan rings is 2. The molecule has 0 radical (unpaired) electrons. The van der Waals surface area contributed by atoms with Gasteiger partial charge >= 0.3 is 0 Å². The number of hydrogen-bond donors (Lipinski definition) is 0. The quantitative estimate of drug-likeness (QED) is 0.173. The Morgan fingerprint density at radius 1 is 0.291 bits per heavy atom. The van der Waals surface area contributed by atoms with Gasteiger partial charge in [-0.05, 0) is 69.4 Å². The normalized spacial score (nSPS) is 11.6. The molecule has 0 saturated carbocycles. The standard InChI is InChI=1S/C52H33NO2/c1-2-14-39-36(12-1)13-9-18-40(39)37-28-26-34(27-29-37)35-30-32-38(33-31-35)53(48-23-11-21-46-43-17-5-8-25-50(43)55-52(46)48)47-22-6-3-15-41(47)44-19-10-20-45-42-16-4-7-24-49(42)54-51(44)45/h1-33H. The van der Waals surface area contributed by atoms with Crippen molar-refractivity contribution in [2.24, 2.45) is 0 Å². The number of rotatable bonds is 6. The Morgan fingerprint density at radius 3 is 1.53 bits per heavy atom. The largest absolute Gasteiger partial charge is 0.455 e. The van der Waals surface area contributed by atoms with Gasteiger partial charge in [0.25, 0.3) is 0 Å². The van der Waals surface area contributed by atoms with E-state index in [2.05, 4.69) is 181 Å². The molecule has 258 valence electrons. The first-order valence-electron chi connectivity index (χ1n) is 18.7. The number of nitrogens with zero attached hydrogens (tertiary/aromatic N) is 1. The third kappa shape index (κ3) is 5.13. The Morgan fingerprint density at radius 2 is 0.764 bits per heavy atom. The summed E-state index contributed by atoms with van der Waals surface area (Å²) in [6.45, 7) is 0. The first kappa shape index (κ1) is 31.2. The van der Waals surface area contributed by atoms with E-state index in [1.54, 1.807) is 0 Å². The minimum absolute atomic E-state index is 0.841. The number of fused-ring (bicyclic) bond motifs is 7. The summed E-state index contributed by atoms with van der Waals surface area (Å²) >= 11 is 0. The SMILES string of the molecule is c1ccc(N(c2ccc(-c3ccc(-c4cccc5ccccc45)cc3)cc2)c2cccc3c2oc2ccccc23)c(-c2cccc3c2oc2ccccc23)c1. The lowest BCUT2D eigenvalue weighted by Gasteiger charge is -2.28. The highest BCUT2D eigenvalue weighted by atomic mass is 16.3. The van der Waals surface area contributed by atoms with Crippen LogP contribution in [0.3, 0.4) is 0 Å². The molecule has 0 bridgehead atoms. The summed E-state index contributed by atoms with van der Waals surface area (Å²) in [7, 11) is 0. The smallest absolute Gasteiger partial charge is 0.159 e. The molecule has 0 saturated heterocycles. The van der Waals surface area contributed by atoms with Gasteiger partial charge in [0.15, 0.2) is 5.58 Å². The highest BCUT2D eigenvalue weighted by Gasteiger charge is 2.23. The van der Waals surface area contributed by atoms with Gasteiger partial charge in [0.2, 0.25) is 0 Å². The predicted molar refractivity (Wildman–Crippen MR) is 229 cm³/mol. The van der Waals surface area contributed by atoms with Crippen molar-refractivity contribution in [3.05, 3.63) is 200 Å². The highest BCUT2D eigenvalue weighted by molar-refractivity contribution is 6.13. The van der Waals surface area contributed by atoms with Gasteiger partial charge < -0.3 is 13.7 Å². The van der Waals surface area contributed by atoms with Crippen LogP contribution >= 0.6 is 0 Å². The Hall–Kier alpha value is -7.36. The number of benzene rings is 9. The number of hydrogen-bond acceptors (Lipinski definition) is 3. The maximum atomic E-state index is 6.67. The average Bonchev–Trinajstić information content (AvgIpc) is 3.84. The second-order valence-electron chi connectivity index (χ2n) is 14.0. The Labute approximate surface area is 317 Å². The maximum Gasteiger partial charge on any atom is 0.159 e. The van der Waals surface area contributed by atoms with Crippen molar-refractivity contribution in [3.8, 4) is 33.4 Å². The van der Waals surface area contributed by atoms with Gasteiger partial charge in [0.1, 0.15) is 16.7 Å². The van der Waals surface area contributed by atoms with E-state index in [1.807, 2.05) is 24.3 Å². The fourth-order valence-electron chi connectivity index (χ4n) is 8.29. The summed E-state index contributed by atoms with van der Waals surface area (Å²) in [5, 5.41) is 6.91. The van der Waals surface area contributed by atoms with Crippen LogP contribution in [0, 0.1) is 0 Å². The molecule has 3 heteroatoms. The Kier molecular flexibility index (Phi) is 7.17. The van der Waals surface area contributed by atoms with Crippen LogP contribution < -0.4 is 4.90 Å². The van der Waals surface area contributed by atoms with Gasteiger partial charge in [-0.15, -0.1) is 0 Å². The Balaban J connectivity index is 1.06. The maximum absolute atomic E-state index is 6.67. The van der Waals surface area contributed by atoms with Crippen LogP contribution in [0.2, 0.25) is 0 Å². The van der Waals surface area contributed by atoms with Crippen LogP contribution in [0.15, 0.2) is 209 Å². The molecule has 0 aliphatic carbocycles. The summed E-state index contributed by atoms with van der Waals surface area (Å²) in [6, 6.07) is 70.8. The van der Waals surface area contributed by atoms with E-state index in [0.717, 1.165) is 77.6 Å². The van der Waals surface area contributed by atoms with Crippen molar-refractivity contribution in [1.29, 1.82) is 0 Å². The lowest BCUT2D eigenvalue weighted by Crippen LogP contribution is -2.11. The summed E-state index contributed by atoms with van der Waals surface area (Å²) in [4.78, 5) is 2.33. The van der Waals surface area contributed by atoms with Gasteiger partial charge in [-0.2, -0.15) is 0 Å². The molecule has 2 aromatic heterocycles. The van der Waals surface area contributed by atoms with E-state index in [-0.39, 0.29) is 0 Å². The molecule has 0 atom stereocenters. The molecule has 9 aromatic carbocycles. The fourth-order valence-corrected chi connectivity index (χ4v) is 8.29. The van der Waals surface area contributed by atoms with Crippen LogP contribution in [0.25, 0.3) is 88.0 Å². The molecule has 11 aromatic rings. The molecule has 3 nitrogen and oxygen atoms in total. The van der Waals surface area contributed by atoms with Crippen molar-refractivity contribution in [2.45, 2.75) is 0 Å². The number of anilines is 3. The van der Waals surface area contributed by atoms with E-state index >= 15 is 0 Å².